The molecule has 0 radical (unpaired) electrons. The maximum Gasteiger partial charge on any atom is 0.174 e. The number of nitrogens with one attached hydrogen (secondary N) is 2. The van der Waals surface area contributed by atoms with Crippen molar-refractivity contribution < 1.29 is 9.47 Å². The molecule has 5 heteroatoms. The summed E-state index contributed by atoms with van der Waals surface area (Å²) in [7, 11) is 0. The molecule has 0 saturated heterocycles. The summed E-state index contributed by atoms with van der Waals surface area (Å²) in [6.07, 6.45) is -0.334. The van der Waals surface area contributed by atoms with Crippen LogP contribution in [0.25, 0.3) is 0 Å². The first-order valence-electron chi connectivity index (χ1n) is 5.99. The highest BCUT2D eigenvalue weighted by Gasteiger charge is 2.09. The first-order chi connectivity index (χ1) is 8.67. The number of hydrogen-bond donors (Lipinski definition) is 2. The highest BCUT2D eigenvalue weighted by atomic mass is 35.5. The minimum Gasteiger partial charge on any atom is -0.365 e. The Balaban J connectivity index is 2.49. The molecule has 4 nitrogen and oxygen atoms in total. The first kappa shape index (κ1) is 15.0. The van der Waals surface area contributed by atoms with E-state index in [-0.39, 0.29) is 6.29 Å². The normalized spacial score (nSPS) is 10.7. The molecule has 0 bridgehead atoms. The van der Waals surface area contributed by atoms with E-state index < -0.39 is 0 Å². The van der Waals surface area contributed by atoms with Gasteiger partial charge < -0.3 is 14.8 Å². The van der Waals surface area contributed by atoms with Gasteiger partial charge >= 0.3 is 0 Å². The molecule has 2 N–H and O–H groups in total. The fourth-order valence-corrected chi connectivity index (χ4v) is 1.66. The number of amidine groups is 1. The molecule has 0 saturated carbocycles. The second-order valence-corrected chi connectivity index (χ2v) is 4.04. The largest absolute Gasteiger partial charge is 0.365 e. The van der Waals surface area contributed by atoms with Crippen molar-refractivity contribution in [1.82, 2.24) is 5.32 Å². The first-order valence-corrected chi connectivity index (χ1v) is 6.36. The number of rotatable bonds is 7. The maximum atomic E-state index is 7.90. The van der Waals surface area contributed by atoms with Crippen molar-refractivity contribution in [3.63, 3.8) is 0 Å². The van der Waals surface area contributed by atoms with Gasteiger partial charge in [0.25, 0.3) is 0 Å². The van der Waals surface area contributed by atoms with Gasteiger partial charge in [0, 0.05) is 23.8 Å². The van der Waals surface area contributed by atoms with E-state index in [4.69, 9.17) is 26.5 Å². The summed E-state index contributed by atoms with van der Waals surface area (Å²) in [5.74, 6) is 0.307. The minimum absolute atomic E-state index is 0.307. The molecule has 0 aromatic heterocycles. The summed E-state index contributed by atoms with van der Waals surface area (Å²) < 4.78 is 10.8. The molecular weight excluding hydrogens is 252 g/mol. The summed E-state index contributed by atoms with van der Waals surface area (Å²) >= 11 is 5.88. The van der Waals surface area contributed by atoms with Crippen LogP contribution in [0, 0.1) is 5.41 Å². The standard InChI is InChI=1S/C13H19ClN2O2/c1-3-17-12(18-4-2)9-16-13(15)10-6-5-7-11(14)8-10/h5-8,12H,3-4,9H2,1-2H3,(H2,15,16). The van der Waals surface area contributed by atoms with Crippen LogP contribution in [0.2, 0.25) is 5.02 Å². The Morgan fingerprint density at radius 2 is 2.00 bits per heavy atom. The van der Waals surface area contributed by atoms with Crippen LogP contribution in [0.5, 0.6) is 0 Å². The van der Waals surface area contributed by atoms with Gasteiger partial charge in [-0.05, 0) is 26.0 Å². The predicted molar refractivity (Wildman–Crippen MR) is 73.3 cm³/mol. The molecule has 0 aliphatic rings. The zero-order chi connectivity index (χ0) is 13.4. The highest BCUT2D eigenvalue weighted by molar-refractivity contribution is 6.31. The van der Waals surface area contributed by atoms with Crippen molar-refractivity contribution in [1.29, 1.82) is 5.41 Å². The van der Waals surface area contributed by atoms with Crippen LogP contribution >= 0.6 is 11.6 Å². The lowest BCUT2D eigenvalue weighted by molar-refractivity contribution is -0.131. The molecule has 1 aromatic rings. The predicted octanol–water partition coefficient (Wildman–Crippen LogP) is 2.65. The van der Waals surface area contributed by atoms with E-state index >= 15 is 0 Å². The van der Waals surface area contributed by atoms with Crippen LogP contribution in [0.1, 0.15) is 19.4 Å². The molecule has 18 heavy (non-hydrogen) atoms. The van der Waals surface area contributed by atoms with Crippen LogP contribution in [-0.4, -0.2) is 31.9 Å². The Morgan fingerprint density at radius 3 is 2.56 bits per heavy atom. The average molecular weight is 271 g/mol. The molecule has 0 unspecified atom stereocenters. The number of ether oxygens (including phenoxy) is 2. The third-order valence-electron chi connectivity index (χ3n) is 2.26. The SMILES string of the molecule is CCOC(CNC(=N)c1cccc(Cl)c1)OCC. The second-order valence-electron chi connectivity index (χ2n) is 3.61. The molecule has 100 valence electrons. The van der Waals surface area contributed by atoms with Crippen molar-refractivity contribution in [2.45, 2.75) is 20.1 Å². The molecule has 0 heterocycles. The molecule has 0 atom stereocenters. The van der Waals surface area contributed by atoms with Gasteiger partial charge in [0.15, 0.2) is 6.29 Å². The zero-order valence-corrected chi connectivity index (χ0v) is 11.5. The monoisotopic (exact) mass is 270 g/mol. The molecule has 0 spiro atoms. The van der Waals surface area contributed by atoms with Gasteiger partial charge in [-0.1, -0.05) is 23.7 Å². The number of hydrogen-bond acceptors (Lipinski definition) is 3. The van der Waals surface area contributed by atoms with Crippen LogP contribution in [0.4, 0.5) is 0 Å². The quantitative estimate of drug-likeness (QED) is 0.455. The molecule has 0 aliphatic heterocycles. The van der Waals surface area contributed by atoms with E-state index in [1.54, 1.807) is 12.1 Å². The van der Waals surface area contributed by atoms with Gasteiger partial charge in [-0.3, -0.25) is 5.41 Å². The van der Waals surface area contributed by atoms with E-state index in [2.05, 4.69) is 5.32 Å². The van der Waals surface area contributed by atoms with Crippen LogP contribution in [0.3, 0.4) is 0 Å². The van der Waals surface area contributed by atoms with E-state index in [1.807, 2.05) is 26.0 Å². The summed E-state index contributed by atoms with van der Waals surface area (Å²) in [6, 6.07) is 7.17. The van der Waals surface area contributed by atoms with E-state index in [1.165, 1.54) is 0 Å². The molecule has 0 fully saturated rings. The highest BCUT2D eigenvalue weighted by Crippen LogP contribution is 2.10. The van der Waals surface area contributed by atoms with Gasteiger partial charge in [0.05, 0.1) is 6.54 Å². The third kappa shape index (κ3) is 5.04. The van der Waals surface area contributed by atoms with Crippen molar-refractivity contribution in [2.24, 2.45) is 0 Å². The van der Waals surface area contributed by atoms with Crippen LogP contribution in [-0.2, 0) is 9.47 Å². The number of benzene rings is 1. The molecule has 1 rings (SSSR count). The topological polar surface area (TPSA) is 54.3 Å². The number of halogens is 1. The summed E-state index contributed by atoms with van der Waals surface area (Å²) in [6.45, 7) is 5.42. The van der Waals surface area contributed by atoms with E-state index in [0.29, 0.717) is 30.6 Å². The summed E-state index contributed by atoms with van der Waals surface area (Å²) in [4.78, 5) is 0. The van der Waals surface area contributed by atoms with E-state index in [9.17, 15) is 0 Å². The third-order valence-corrected chi connectivity index (χ3v) is 2.50. The fourth-order valence-electron chi connectivity index (χ4n) is 1.47. The minimum atomic E-state index is -0.334. The molecule has 0 amide bonds. The summed E-state index contributed by atoms with van der Waals surface area (Å²) in [5.41, 5.74) is 0.745. The van der Waals surface area contributed by atoms with Crippen molar-refractivity contribution in [2.75, 3.05) is 19.8 Å². The van der Waals surface area contributed by atoms with Crippen molar-refractivity contribution >= 4 is 17.4 Å². The lowest BCUT2D eigenvalue weighted by atomic mass is 10.2. The molecule has 1 aromatic carbocycles. The van der Waals surface area contributed by atoms with Crippen molar-refractivity contribution in [3.05, 3.63) is 34.9 Å². The maximum absolute atomic E-state index is 7.90. The van der Waals surface area contributed by atoms with Gasteiger partial charge in [-0.2, -0.15) is 0 Å². The Hall–Kier alpha value is -1.10. The Bertz CT molecular complexity index is 379. The zero-order valence-electron chi connectivity index (χ0n) is 10.7. The Morgan fingerprint density at radius 1 is 1.33 bits per heavy atom. The van der Waals surface area contributed by atoms with Crippen LogP contribution < -0.4 is 5.32 Å². The van der Waals surface area contributed by atoms with Gasteiger partial charge in [0.1, 0.15) is 5.84 Å². The molecule has 0 aliphatic carbocycles. The van der Waals surface area contributed by atoms with Gasteiger partial charge in [-0.25, -0.2) is 0 Å². The average Bonchev–Trinajstić information content (AvgIpc) is 2.36. The van der Waals surface area contributed by atoms with E-state index in [0.717, 1.165) is 5.56 Å². The molecular formula is C13H19ClN2O2. The van der Waals surface area contributed by atoms with Gasteiger partial charge in [-0.15, -0.1) is 0 Å². The second kappa shape index (κ2) is 8.08. The summed E-state index contributed by atoms with van der Waals surface area (Å²) in [5, 5.41) is 11.5. The lowest BCUT2D eigenvalue weighted by Crippen LogP contribution is -2.35. The smallest absolute Gasteiger partial charge is 0.174 e. The van der Waals surface area contributed by atoms with Crippen molar-refractivity contribution in [3.8, 4) is 0 Å². The van der Waals surface area contributed by atoms with Crippen LogP contribution in [0.15, 0.2) is 24.3 Å². The van der Waals surface area contributed by atoms with Gasteiger partial charge in [0.2, 0.25) is 0 Å². The Kier molecular flexibility index (Phi) is 6.72. The lowest BCUT2D eigenvalue weighted by Gasteiger charge is -2.18. The Labute approximate surface area is 113 Å². The fraction of sp³-hybridized carbons (Fsp3) is 0.462.